The fraction of sp³-hybridized carbons (Fsp3) is 0.350. The summed E-state index contributed by atoms with van der Waals surface area (Å²) in [6.07, 6.45) is 2.79. The van der Waals surface area contributed by atoms with Gasteiger partial charge in [-0.05, 0) is 61.2 Å². The van der Waals surface area contributed by atoms with Crippen molar-refractivity contribution >= 4 is 29.7 Å². The SMILES string of the molecule is CCCOc1ccc(OCC(=O)N2CCCc3c(N)cccc32)cc1.Cl. The van der Waals surface area contributed by atoms with Crippen LogP contribution >= 0.6 is 12.4 Å². The molecule has 1 aliphatic rings. The average Bonchev–Trinajstić information content (AvgIpc) is 2.65. The Labute approximate surface area is 160 Å². The Morgan fingerprint density at radius 2 is 1.81 bits per heavy atom. The second-order valence-corrected chi connectivity index (χ2v) is 6.10. The van der Waals surface area contributed by atoms with Crippen molar-refractivity contribution in [3.63, 3.8) is 0 Å². The van der Waals surface area contributed by atoms with E-state index in [9.17, 15) is 4.79 Å². The zero-order valence-corrected chi connectivity index (χ0v) is 15.8. The highest BCUT2D eigenvalue weighted by Crippen LogP contribution is 2.31. The first-order valence-electron chi connectivity index (χ1n) is 8.72. The van der Waals surface area contributed by atoms with Crippen LogP contribution in [0.1, 0.15) is 25.3 Å². The van der Waals surface area contributed by atoms with Gasteiger partial charge in [0.25, 0.3) is 5.91 Å². The molecule has 0 aliphatic carbocycles. The Morgan fingerprint density at radius 1 is 1.12 bits per heavy atom. The summed E-state index contributed by atoms with van der Waals surface area (Å²) in [5, 5.41) is 0. The van der Waals surface area contributed by atoms with Crippen LogP contribution in [-0.2, 0) is 11.2 Å². The van der Waals surface area contributed by atoms with Crippen LogP contribution in [0.4, 0.5) is 11.4 Å². The Bertz CT molecular complexity index is 734. The summed E-state index contributed by atoms with van der Waals surface area (Å²) in [5.41, 5.74) is 8.75. The van der Waals surface area contributed by atoms with Crippen molar-refractivity contribution in [3.05, 3.63) is 48.0 Å². The van der Waals surface area contributed by atoms with Crippen LogP contribution in [0.25, 0.3) is 0 Å². The second kappa shape index (κ2) is 9.34. The van der Waals surface area contributed by atoms with Gasteiger partial charge in [0.1, 0.15) is 11.5 Å². The lowest BCUT2D eigenvalue weighted by Crippen LogP contribution is -2.38. The third-order valence-electron chi connectivity index (χ3n) is 4.25. The molecule has 0 unspecified atom stereocenters. The number of hydrogen-bond acceptors (Lipinski definition) is 4. The van der Waals surface area contributed by atoms with Crippen molar-refractivity contribution in [2.24, 2.45) is 0 Å². The maximum Gasteiger partial charge on any atom is 0.264 e. The number of rotatable bonds is 6. The highest BCUT2D eigenvalue weighted by atomic mass is 35.5. The summed E-state index contributed by atoms with van der Waals surface area (Å²) in [5.74, 6) is 1.40. The van der Waals surface area contributed by atoms with Gasteiger partial charge in [-0.2, -0.15) is 0 Å². The average molecular weight is 377 g/mol. The maximum absolute atomic E-state index is 12.6. The minimum absolute atomic E-state index is 0. The number of carbonyl (C=O) groups excluding carboxylic acids is 1. The summed E-state index contributed by atoms with van der Waals surface area (Å²) in [6, 6.07) is 13.1. The van der Waals surface area contributed by atoms with Crippen LogP contribution < -0.4 is 20.1 Å². The van der Waals surface area contributed by atoms with Crippen molar-refractivity contribution in [2.45, 2.75) is 26.2 Å². The Balaban J connectivity index is 0.00000243. The number of ether oxygens (including phenoxy) is 2. The second-order valence-electron chi connectivity index (χ2n) is 6.10. The quantitative estimate of drug-likeness (QED) is 0.778. The van der Waals surface area contributed by atoms with E-state index in [0.29, 0.717) is 18.9 Å². The van der Waals surface area contributed by atoms with Crippen LogP contribution in [0, 0.1) is 0 Å². The van der Waals surface area contributed by atoms with Gasteiger partial charge in [0.15, 0.2) is 6.61 Å². The van der Waals surface area contributed by atoms with Gasteiger partial charge in [0, 0.05) is 17.9 Å². The van der Waals surface area contributed by atoms with Gasteiger partial charge >= 0.3 is 0 Å². The molecule has 1 amide bonds. The largest absolute Gasteiger partial charge is 0.494 e. The van der Waals surface area contributed by atoms with E-state index in [1.54, 1.807) is 4.90 Å². The molecule has 0 atom stereocenters. The molecule has 1 aliphatic heterocycles. The summed E-state index contributed by atoms with van der Waals surface area (Å²) in [6.45, 7) is 3.46. The molecule has 140 valence electrons. The standard InChI is InChI=1S/C20H24N2O3.ClH/c1-2-13-24-15-8-10-16(11-9-15)25-14-20(23)22-12-4-5-17-18(21)6-3-7-19(17)22;/h3,6-11H,2,4-5,12-14,21H2,1H3;1H. The van der Waals surface area contributed by atoms with Crippen molar-refractivity contribution in [1.82, 2.24) is 0 Å². The number of fused-ring (bicyclic) bond motifs is 1. The predicted octanol–water partition coefficient (Wildman–Crippen LogP) is 3.84. The van der Waals surface area contributed by atoms with E-state index >= 15 is 0 Å². The van der Waals surface area contributed by atoms with Crippen LogP contribution in [0.5, 0.6) is 11.5 Å². The molecule has 1 heterocycles. The molecule has 2 aromatic rings. The number of anilines is 2. The van der Waals surface area contributed by atoms with Crippen molar-refractivity contribution in [2.75, 3.05) is 30.4 Å². The lowest BCUT2D eigenvalue weighted by Gasteiger charge is -2.30. The number of carbonyl (C=O) groups is 1. The number of nitrogens with zero attached hydrogens (tertiary/aromatic N) is 1. The summed E-state index contributed by atoms with van der Waals surface area (Å²) >= 11 is 0. The highest BCUT2D eigenvalue weighted by molar-refractivity contribution is 5.96. The Hall–Kier alpha value is -2.40. The number of nitrogen functional groups attached to an aromatic ring is 1. The van der Waals surface area contributed by atoms with Crippen molar-refractivity contribution in [1.29, 1.82) is 0 Å². The monoisotopic (exact) mass is 376 g/mol. The molecule has 3 rings (SSSR count). The fourth-order valence-electron chi connectivity index (χ4n) is 2.99. The minimum atomic E-state index is -0.0575. The third-order valence-corrected chi connectivity index (χ3v) is 4.25. The van der Waals surface area contributed by atoms with Crippen LogP contribution in [0.2, 0.25) is 0 Å². The predicted molar refractivity (Wildman–Crippen MR) is 106 cm³/mol. The molecule has 0 saturated heterocycles. The van der Waals surface area contributed by atoms with Crippen LogP contribution in [0.15, 0.2) is 42.5 Å². The van der Waals surface area contributed by atoms with E-state index in [4.69, 9.17) is 15.2 Å². The normalized spacial score (nSPS) is 12.7. The molecular formula is C20H25ClN2O3. The lowest BCUT2D eigenvalue weighted by molar-refractivity contribution is -0.120. The molecular weight excluding hydrogens is 352 g/mol. The number of amides is 1. The van der Waals surface area contributed by atoms with Gasteiger partial charge in [0.05, 0.1) is 6.61 Å². The van der Waals surface area contributed by atoms with Crippen LogP contribution in [0.3, 0.4) is 0 Å². The number of nitrogens with two attached hydrogens (primary N) is 1. The van der Waals surface area contributed by atoms with Gasteiger partial charge in [-0.1, -0.05) is 13.0 Å². The maximum atomic E-state index is 12.6. The van der Waals surface area contributed by atoms with Crippen molar-refractivity contribution < 1.29 is 14.3 Å². The molecule has 0 aromatic heterocycles. The summed E-state index contributed by atoms with van der Waals surface area (Å²) in [4.78, 5) is 14.4. The smallest absolute Gasteiger partial charge is 0.264 e. The molecule has 0 radical (unpaired) electrons. The van der Waals surface area contributed by atoms with E-state index in [2.05, 4.69) is 6.92 Å². The first-order valence-corrected chi connectivity index (χ1v) is 8.72. The van der Waals surface area contributed by atoms with Crippen LogP contribution in [-0.4, -0.2) is 25.7 Å². The topological polar surface area (TPSA) is 64.8 Å². The lowest BCUT2D eigenvalue weighted by atomic mass is 10.00. The molecule has 2 aromatic carbocycles. The molecule has 0 saturated carbocycles. The van der Waals surface area contributed by atoms with Gasteiger partial charge in [-0.25, -0.2) is 0 Å². The van der Waals surface area contributed by atoms with Gasteiger partial charge in [0.2, 0.25) is 0 Å². The summed E-state index contributed by atoms with van der Waals surface area (Å²) < 4.78 is 11.2. The molecule has 0 fully saturated rings. The Morgan fingerprint density at radius 3 is 2.50 bits per heavy atom. The van der Waals surface area contributed by atoms with Gasteiger partial charge in [-0.15, -0.1) is 12.4 Å². The highest BCUT2D eigenvalue weighted by Gasteiger charge is 2.23. The third kappa shape index (κ3) is 4.61. The van der Waals surface area contributed by atoms with E-state index < -0.39 is 0 Å². The van der Waals surface area contributed by atoms with Crippen molar-refractivity contribution in [3.8, 4) is 11.5 Å². The molecule has 2 N–H and O–H groups in total. The van der Waals surface area contributed by atoms with E-state index in [-0.39, 0.29) is 24.9 Å². The molecule has 26 heavy (non-hydrogen) atoms. The Kier molecular flexibility index (Phi) is 7.16. The molecule has 5 nitrogen and oxygen atoms in total. The molecule has 6 heteroatoms. The number of benzene rings is 2. The number of halogens is 1. The molecule has 0 spiro atoms. The fourth-order valence-corrected chi connectivity index (χ4v) is 2.99. The zero-order chi connectivity index (χ0) is 17.6. The van der Waals surface area contributed by atoms with Gasteiger partial charge in [-0.3, -0.25) is 4.79 Å². The van der Waals surface area contributed by atoms with Gasteiger partial charge < -0.3 is 20.1 Å². The van der Waals surface area contributed by atoms with E-state index in [0.717, 1.165) is 42.0 Å². The zero-order valence-electron chi connectivity index (χ0n) is 14.9. The first kappa shape index (κ1) is 19.9. The van der Waals surface area contributed by atoms with E-state index in [1.807, 2.05) is 42.5 Å². The minimum Gasteiger partial charge on any atom is -0.494 e. The first-order chi connectivity index (χ1) is 12.2. The molecule has 0 bridgehead atoms. The number of hydrogen-bond donors (Lipinski definition) is 1. The van der Waals surface area contributed by atoms with E-state index in [1.165, 1.54) is 0 Å². The summed E-state index contributed by atoms with van der Waals surface area (Å²) in [7, 11) is 0.